The molecule has 0 aliphatic carbocycles. The number of para-hydroxylation sites is 1. The third-order valence-electron chi connectivity index (χ3n) is 4.50. The molecule has 0 saturated heterocycles. The highest BCUT2D eigenvalue weighted by atomic mass is 15.3. The molecule has 3 heteroatoms. The monoisotopic (exact) mass is 319 g/mol. The van der Waals surface area contributed by atoms with E-state index in [-0.39, 0.29) is 5.54 Å². The van der Waals surface area contributed by atoms with Crippen molar-refractivity contribution in [2.45, 2.75) is 33.2 Å². The molecule has 24 heavy (non-hydrogen) atoms. The highest BCUT2D eigenvalue weighted by molar-refractivity contribution is 5.88. The first kappa shape index (κ1) is 16.3. The van der Waals surface area contributed by atoms with Gasteiger partial charge in [0.1, 0.15) is 0 Å². The fraction of sp³-hybridized carbons (Fsp3) is 0.286. The Morgan fingerprint density at radius 2 is 1.88 bits per heavy atom. The topological polar surface area (TPSA) is 27.6 Å². The van der Waals surface area contributed by atoms with Crippen molar-refractivity contribution >= 4 is 23.2 Å². The minimum atomic E-state index is 0.0519. The number of rotatable bonds is 4. The molecule has 1 N–H and O–H groups in total. The van der Waals surface area contributed by atoms with Crippen molar-refractivity contribution in [3.8, 4) is 0 Å². The zero-order chi connectivity index (χ0) is 17.2. The number of anilines is 2. The lowest BCUT2D eigenvalue weighted by Gasteiger charge is -2.42. The molecule has 3 nitrogen and oxygen atoms in total. The van der Waals surface area contributed by atoms with Crippen LogP contribution in [0.4, 0.5) is 11.4 Å². The van der Waals surface area contributed by atoms with Crippen molar-refractivity contribution in [2.75, 3.05) is 16.9 Å². The van der Waals surface area contributed by atoms with Crippen LogP contribution < -0.4 is 10.3 Å². The summed E-state index contributed by atoms with van der Waals surface area (Å²) in [6, 6.07) is 16.5. The van der Waals surface area contributed by atoms with Gasteiger partial charge in [-0.2, -0.15) is 5.10 Å². The fourth-order valence-electron chi connectivity index (χ4n) is 3.45. The fourth-order valence-corrected chi connectivity index (χ4v) is 3.45. The molecular formula is C21H25N3. The molecule has 0 atom stereocenters. The van der Waals surface area contributed by atoms with E-state index in [1.165, 1.54) is 16.8 Å². The molecule has 2 aromatic carbocycles. The van der Waals surface area contributed by atoms with E-state index in [2.05, 4.69) is 67.4 Å². The Labute approximate surface area is 144 Å². The second-order valence-electron chi connectivity index (χ2n) is 6.74. The molecule has 0 radical (unpaired) electrons. The molecule has 2 aromatic rings. The lowest BCUT2D eigenvalue weighted by Crippen LogP contribution is -2.44. The molecule has 0 fully saturated rings. The summed E-state index contributed by atoms with van der Waals surface area (Å²) in [7, 11) is 0. The second-order valence-corrected chi connectivity index (χ2v) is 6.74. The van der Waals surface area contributed by atoms with E-state index in [0.29, 0.717) is 0 Å². The summed E-state index contributed by atoms with van der Waals surface area (Å²) < 4.78 is 0. The Morgan fingerprint density at radius 1 is 1.12 bits per heavy atom. The molecule has 1 aliphatic heterocycles. The number of allylic oxidation sites excluding steroid dienone is 1. The van der Waals surface area contributed by atoms with E-state index >= 15 is 0 Å². The van der Waals surface area contributed by atoms with E-state index in [1.807, 2.05) is 36.5 Å². The van der Waals surface area contributed by atoms with Crippen molar-refractivity contribution in [3.05, 3.63) is 65.7 Å². The average molecular weight is 319 g/mol. The number of fused-ring (bicyclic) bond motifs is 1. The van der Waals surface area contributed by atoms with Crippen molar-refractivity contribution in [2.24, 2.45) is 5.10 Å². The zero-order valence-electron chi connectivity index (χ0n) is 14.9. The lowest BCUT2D eigenvalue weighted by atomic mass is 9.88. The summed E-state index contributed by atoms with van der Waals surface area (Å²) in [5.74, 6) is 0. The van der Waals surface area contributed by atoms with Crippen molar-refractivity contribution in [3.63, 3.8) is 0 Å². The van der Waals surface area contributed by atoms with Crippen LogP contribution in [-0.4, -0.2) is 18.3 Å². The number of nitrogens with one attached hydrogen (secondary N) is 1. The van der Waals surface area contributed by atoms with Gasteiger partial charge in [-0.25, -0.2) is 0 Å². The van der Waals surface area contributed by atoms with Gasteiger partial charge in [-0.1, -0.05) is 30.3 Å². The Kier molecular flexibility index (Phi) is 4.43. The van der Waals surface area contributed by atoms with Crippen LogP contribution in [0.1, 0.15) is 38.8 Å². The summed E-state index contributed by atoms with van der Waals surface area (Å²) in [6.07, 6.45) is 4.22. The second kappa shape index (κ2) is 6.52. The molecular weight excluding hydrogens is 294 g/mol. The normalized spacial score (nSPS) is 16.0. The highest BCUT2D eigenvalue weighted by Crippen LogP contribution is 2.38. The van der Waals surface area contributed by atoms with Gasteiger partial charge < -0.3 is 4.90 Å². The van der Waals surface area contributed by atoms with Crippen LogP contribution in [0.15, 0.2) is 59.7 Å². The third kappa shape index (κ3) is 3.21. The molecule has 0 saturated carbocycles. The van der Waals surface area contributed by atoms with Crippen LogP contribution in [0.3, 0.4) is 0 Å². The number of hydrogen-bond acceptors (Lipinski definition) is 3. The SMILES string of the molecule is CCN1c2ccc(/C=N/Nc3ccccc3)cc2C(C)=CC1(C)C. The smallest absolute Gasteiger partial charge is 0.0561 e. The van der Waals surface area contributed by atoms with Gasteiger partial charge in [0.2, 0.25) is 0 Å². The third-order valence-corrected chi connectivity index (χ3v) is 4.50. The van der Waals surface area contributed by atoms with E-state index in [0.717, 1.165) is 17.8 Å². The largest absolute Gasteiger partial charge is 0.363 e. The van der Waals surface area contributed by atoms with Gasteiger partial charge in [0.25, 0.3) is 0 Å². The number of hydrogen-bond donors (Lipinski definition) is 1. The van der Waals surface area contributed by atoms with Crippen molar-refractivity contribution < 1.29 is 0 Å². The highest BCUT2D eigenvalue weighted by Gasteiger charge is 2.29. The number of hydrazone groups is 1. The molecule has 3 rings (SSSR count). The van der Waals surface area contributed by atoms with Crippen LogP contribution in [0, 0.1) is 0 Å². The number of likely N-dealkylation sites (N-methyl/N-ethyl adjacent to an activating group) is 1. The van der Waals surface area contributed by atoms with Gasteiger partial charge in [-0.3, -0.25) is 5.43 Å². The summed E-state index contributed by atoms with van der Waals surface area (Å²) >= 11 is 0. The molecule has 0 spiro atoms. The minimum Gasteiger partial charge on any atom is -0.363 e. The summed E-state index contributed by atoms with van der Waals surface area (Å²) in [6.45, 7) is 9.92. The van der Waals surface area contributed by atoms with E-state index in [1.54, 1.807) is 0 Å². The van der Waals surface area contributed by atoms with Crippen molar-refractivity contribution in [1.82, 2.24) is 0 Å². The molecule has 0 bridgehead atoms. The predicted octanol–water partition coefficient (Wildman–Crippen LogP) is 5.15. The van der Waals surface area contributed by atoms with Crippen LogP contribution in [0.2, 0.25) is 0 Å². The molecule has 0 unspecified atom stereocenters. The Bertz CT molecular complexity index is 773. The number of benzene rings is 2. The maximum atomic E-state index is 4.35. The van der Waals surface area contributed by atoms with Crippen LogP contribution >= 0.6 is 0 Å². The first-order valence-electron chi connectivity index (χ1n) is 8.47. The van der Waals surface area contributed by atoms with Crippen LogP contribution in [-0.2, 0) is 0 Å². The van der Waals surface area contributed by atoms with Gasteiger partial charge in [-0.15, -0.1) is 0 Å². The Morgan fingerprint density at radius 3 is 2.58 bits per heavy atom. The van der Waals surface area contributed by atoms with E-state index in [4.69, 9.17) is 0 Å². The number of nitrogens with zero attached hydrogens (tertiary/aromatic N) is 2. The lowest BCUT2D eigenvalue weighted by molar-refractivity contribution is 0.566. The average Bonchev–Trinajstić information content (AvgIpc) is 2.56. The first-order chi connectivity index (χ1) is 11.5. The molecule has 124 valence electrons. The van der Waals surface area contributed by atoms with Crippen LogP contribution in [0.25, 0.3) is 5.57 Å². The molecule has 1 aliphatic rings. The summed E-state index contributed by atoms with van der Waals surface area (Å²) in [5.41, 5.74) is 9.12. The van der Waals surface area contributed by atoms with Gasteiger partial charge in [0, 0.05) is 17.8 Å². The van der Waals surface area contributed by atoms with E-state index in [9.17, 15) is 0 Å². The van der Waals surface area contributed by atoms with Gasteiger partial charge in [0.15, 0.2) is 0 Å². The maximum absolute atomic E-state index is 4.35. The van der Waals surface area contributed by atoms with Crippen LogP contribution in [0.5, 0.6) is 0 Å². The molecule has 0 aromatic heterocycles. The predicted molar refractivity (Wildman–Crippen MR) is 105 cm³/mol. The maximum Gasteiger partial charge on any atom is 0.0561 e. The minimum absolute atomic E-state index is 0.0519. The van der Waals surface area contributed by atoms with Gasteiger partial charge in [0.05, 0.1) is 17.4 Å². The molecule has 1 heterocycles. The van der Waals surface area contributed by atoms with E-state index < -0.39 is 0 Å². The van der Waals surface area contributed by atoms with Gasteiger partial charge in [-0.05, 0) is 63.1 Å². The quantitative estimate of drug-likeness (QED) is 0.623. The standard InChI is InChI=1S/C21H25N3/c1-5-24-20-12-11-17(13-19(20)16(2)14-21(24,3)4)15-22-23-18-9-7-6-8-10-18/h6-15,23H,5H2,1-4H3/b22-15+. The summed E-state index contributed by atoms with van der Waals surface area (Å²) in [4.78, 5) is 2.44. The summed E-state index contributed by atoms with van der Waals surface area (Å²) in [5, 5.41) is 4.35. The first-order valence-corrected chi connectivity index (χ1v) is 8.47. The molecule has 0 amide bonds. The Balaban J connectivity index is 1.85. The van der Waals surface area contributed by atoms with Crippen molar-refractivity contribution in [1.29, 1.82) is 0 Å². The zero-order valence-corrected chi connectivity index (χ0v) is 14.9. The van der Waals surface area contributed by atoms with Gasteiger partial charge >= 0.3 is 0 Å². The Hall–Kier alpha value is -2.55.